The van der Waals surface area contributed by atoms with E-state index in [0.717, 1.165) is 55.2 Å². The van der Waals surface area contributed by atoms with Gasteiger partial charge < -0.3 is 15.7 Å². The van der Waals surface area contributed by atoms with E-state index in [1.165, 1.54) is 17.1 Å². The number of carbonyl (C=O) groups is 1. The van der Waals surface area contributed by atoms with Crippen molar-refractivity contribution >= 4 is 22.9 Å². The smallest absolute Gasteiger partial charge is 0.233 e. The largest absolute Gasteiger partial charge is 0.387 e. The molecular formula is C24H25FN4O2S. The highest BCUT2D eigenvalue weighted by Gasteiger charge is 2.32. The fourth-order valence-corrected chi connectivity index (χ4v) is 5.58. The van der Waals surface area contributed by atoms with Crippen molar-refractivity contribution in [1.29, 1.82) is 0 Å². The van der Waals surface area contributed by atoms with Crippen LogP contribution in [0.4, 0.5) is 10.1 Å². The Bertz CT molecular complexity index is 1100. The van der Waals surface area contributed by atoms with Crippen LogP contribution in [0.5, 0.6) is 0 Å². The Morgan fingerprint density at radius 2 is 2.09 bits per heavy atom. The van der Waals surface area contributed by atoms with E-state index < -0.39 is 11.9 Å². The fraction of sp³-hybridized carbons (Fsp3) is 0.375. The van der Waals surface area contributed by atoms with Crippen molar-refractivity contribution in [2.75, 3.05) is 5.32 Å². The molecule has 4 atom stereocenters. The van der Waals surface area contributed by atoms with Gasteiger partial charge in [0.25, 0.3) is 0 Å². The van der Waals surface area contributed by atoms with Crippen LogP contribution in [-0.4, -0.2) is 33.1 Å². The summed E-state index contributed by atoms with van der Waals surface area (Å²) in [5, 5.41) is 17.1. The average molecular weight is 453 g/mol. The maximum Gasteiger partial charge on any atom is 0.233 e. The van der Waals surface area contributed by atoms with E-state index in [0.29, 0.717) is 5.56 Å². The molecular weight excluding hydrogens is 427 g/mol. The van der Waals surface area contributed by atoms with Gasteiger partial charge in [0.05, 0.1) is 29.4 Å². The minimum atomic E-state index is -0.783. The normalized spacial score (nSPS) is 23.1. The molecule has 166 valence electrons. The number of aliphatic hydroxyl groups excluding tert-OH is 1. The topological polar surface area (TPSA) is 87.1 Å². The van der Waals surface area contributed by atoms with Gasteiger partial charge in [-0.1, -0.05) is 12.1 Å². The number of hydrogen-bond acceptors (Lipinski definition) is 6. The Kier molecular flexibility index (Phi) is 5.99. The number of nitrogens with one attached hydrogen (secondary N) is 2. The maximum atomic E-state index is 13.4. The second-order valence-corrected chi connectivity index (χ2v) is 9.51. The number of nitrogens with zero attached hydrogens (tertiary/aromatic N) is 2. The third-order valence-corrected chi connectivity index (χ3v) is 7.32. The molecule has 32 heavy (non-hydrogen) atoms. The zero-order valence-electron chi connectivity index (χ0n) is 17.5. The maximum absolute atomic E-state index is 13.4. The first-order chi connectivity index (χ1) is 15.6. The lowest BCUT2D eigenvalue weighted by Gasteiger charge is -2.20. The number of aryl methyl sites for hydroxylation is 1. The Morgan fingerprint density at radius 1 is 1.25 bits per heavy atom. The van der Waals surface area contributed by atoms with Crippen molar-refractivity contribution in [2.45, 2.75) is 56.2 Å². The third-order valence-electron chi connectivity index (χ3n) is 6.41. The van der Waals surface area contributed by atoms with Crippen molar-refractivity contribution in [2.24, 2.45) is 0 Å². The molecule has 1 amide bonds. The first kappa shape index (κ1) is 21.2. The van der Waals surface area contributed by atoms with Crippen LogP contribution < -0.4 is 10.6 Å². The molecule has 3 heterocycles. The van der Waals surface area contributed by atoms with Crippen LogP contribution in [-0.2, 0) is 17.6 Å². The summed E-state index contributed by atoms with van der Waals surface area (Å²) < 4.78 is 13.4. The number of benzene rings is 1. The second-order valence-electron chi connectivity index (χ2n) is 8.57. The second kappa shape index (κ2) is 9.05. The third kappa shape index (κ3) is 4.44. The Labute approximate surface area is 189 Å². The molecule has 6 nitrogen and oxygen atoms in total. The Hall–Kier alpha value is -2.68. The zero-order chi connectivity index (χ0) is 22.1. The van der Waals surface area contributed by atoms with Gasteiger partial charge in [-0.25, -0.2) is 9.37 Å². The molecule has 2 aliphatic rings. The summed E-state index contributed by atoms with van der Waals surface area (Å²) >= 11 is 1.63. The van der Waals surface area contributed by atoms with Crippen LogP contribution >= 0.6 is 11.3 Å². The van der Waals surface area contributed by atoms with Gasteiger partial charge in [-0.15, -0.1) is 11.3 Å². The number of aromatic nitrogens is 2. The van der Waals surface area contributed by atoms with Gasteiger partial charge in [0.1, 0.15) is 5.82 Å². The first-order valence-corrected chi connectivity index (χ1v) is 11.8. The predicted molar refractivity (Wildman–Crippen MR) is 121 cm³/mol. The van der Waals surface area contributed by atoms with Crippen molar-refractivity contribution in [1.82, 2.24) is 15.3 Å². The summed E-state index contributed by atoms with van der Waals surface area (Å²) in [7, 11) is 0. The molecule has 0 bridgehead atoms. The number of thiazole rings is 1. The summed E-state index contributed by atoms with van der Waals surface area (Å²) in [6.07, 6.45) is 6.19. The Morgan fingerprint density at radius 3 is 2.91 bits per heavy atom. The molecule has 1 aromatic carbocycles. The monoisotopic (exact) mass is 452 g/mol. The number of rotatable bonds is 6. The van der Waals surface area contributed by atoms with Crippen molar-refractivity contribution in [3.63, 3.8) is 0 Å². The lowest BCUT2D eigenvalue weighted by Crippen LogP contribution is -2.35. The molecule has 2 aromatic heterocycles. The number of amides is 1. The summed E-state index contributed by atoms with van der Waals surface area (Å²) in [5.74, 6) is -0.595. The van der Waals surface area contributed by atoms with Gasteiger partial charge in [0.2, 0.25) is 5.91 Å². The number of aliphatic hydroxyl groups is 1. The minimum absolute atomic E-state index is 0.00327. The van der Waals surface area contributed by atoms with E-state index in [2.05, 4.69) is 20.6 Å². The van der Waals surface area contributed by atoms with Crippen LogP contribution in [0.3, 0.4) is 0 Å². The van der Waals surface area contributed by atoms with E-state index in [1.807, 2.05) is 29.8 Å². The van der Waals surface area contributed by atoms with Crippen molar-refractivity contribution in [3.05, 3.63) is 75.8 Å². The van der Waals surface area contributed by atoms with Crippen molar-refractivity contribution in [3.8, 4) is 0 Å². The Balaban J connectivity index is 1.15. The molecule has 3 N–H and O–H groups in total. The van der Waals surface area contributed by atoms with Gasteiger partial charge >= 0.3 is 0 Å². The number of anilines is 1. The molecule has 1 fully saturated rings. The van der Waals surface area contributed by atoms with E-state index in [1.54, 1.807) is 11.3 Å². The van der Waals surface area contributed by atoms with Crippen LogP contribution in [0.2, 0.25) is 0 Å². The van der Waals surface area contributed by atoms with E-state index in [-0.39, 0.29) is 23.9 Å². The van der Waals surface area contributed by atoms with Gasteiger partial charge in [-0.2, -0.15) is 0 Å². The van der Waals surface area contributed by atoms with Crippen LogP contribution in [0.1, 0.15) is 53.0 Å². The number of pyridine rings is 1. The number of hydrogen-bond donors (Lipinski definition) is 3. The highest BCUT2D eigenvalue weighted by molar-refractivity contribution is 7.09. The van der Waals surface area contributed by atoms with E-state index in [9.17, 15) is 14.3 Å². The van der Waals surface area contributed by atoms with E-state index in [4.69, 9.17) is 0 Å². The van der Waals surface area contributed by atoms with Crippen LogP contribution in [0.25, 0.3) is 0 Å². The molecule has 0 radical (unpaired) electrons. The van der Waals surface area contributed by atoms with Gasteiger partial charge in [-0.05, 0) is 55.9 Å². The molecule has 8 heteroatoms. The number of carbonyl (C=O) groups excluding carboxylic acids is 1. The summed E-state index contributed by atoms with van der Waals surface area (Å²) in [6, 6.07) is 9.37. The lowest BCUT2D eigenvalue weighted by molar-refractivity contribution is -0.117. The number of halogens is 1. The van der Waals surface area contributed by atoms with E-state index >= 15 is 0 Å². The zero-order valence-corrected chi connectivity index (χ0v) is 18.3. The average Bonchev–Trinajstić information content (AvgIpc) is 3.52. The molecule has 1 aliphatic carbocycles. The number of fused-ring (bicyclic) bond motifs is 1. The molecule has 0 spiro atoms. The minimum Gasteiger partial charge on any atom is -0.387 e. The first-order valence-electron chi connectivity index (χ1n) is 10.9. The van der Waals surface area contributed by atoms with Gasteiger partial charge in [0.15, 0.2) is 0 Å². The summed E-state index contributed by atoms with van der Waals surface area (Å²) in [6.45, 7) is 0. The quantitative estimate of drug-likeness (QED) is 0.530. The lowest BCUT2D eigenvalue weighted by atomic mass is 10.0. The van der Waals surface area contributed by atoms with Gasteiger partial charge in [0, 0.05) is 34.4 Å². The highest BCUT2D eigenvalue weighted by Crippen LogP contribution is 2.35. The van der Waals surface area contributed by atoms with Crippen LogP contribution in [0, 0.1) is 5.82 Å². The molecule has 1 saturated heterocycles. The standard InChI is InChI=1S/C24H25FN4O2S/c25-16-10-15(11-26-12-16)23(30)20-7-5-18(28-20)9-14-1-3-17(4-2-14)29-24(31)19-6-8-21-22(19)27-13-32-21/h1-4,10-13,18-20,23,28,30H,5-9H2,(H,29,31)/t18-,19+,20+,23+/m0/s1. The molecule has 3 aromatic rings. The summed E-state index contributed by atoms with van der Waals surface area (Å²) in [4.78, 5) is 22.1. The predicted octanol–water partition coefficient (Wildman–Crippen LogP) is 3.74. The van der Waals surface area contributed by atoms with Crippen LogP contribution in [0.15, 0.2) is 48.2 Å². The highest BCUT2D eigenvalue weighted by atomic mass is 32.1. The molecule has 5 rings (SSSR count). The van der Waals surface area contributed by atoms with Crippen molar-refractivity contribution < 1.29 is 14.3 Å². The van der Waals surface area contributed by atoms with Gasteiger partial charge in [-0.3, -0.25) is 9.78 Å². The SMILES string of the molecule is O=C(Nc1ccc(C[C@@H]2CC[C@H]([C@H](O)c3cncc(F)c3)N2)cc1)[C@@H]1CCc2scnc21. The molecule has 0 unspecified atom stereocenters. The fourth-order valence-electron chi connectivity index (χ4n) is 4.74. The summed E-state index contributed by atoms with van der Waals surface area (Å²) in [5.41, 5.74) is 5.19. The molecule has 1 aliphatic heterocycles. The molecule has 0 saturated carbocycles.